The van der Waals surface area contributed by atoms with Gasteiger partial charge in [-0.15, -0.1) is 0 Å². The molecule has 0 amide bonds. The van der Waals surface area contributed by atoms with Gasteiger partial charge in [-0.2, -0.15) is 0 Å². The molecule has 0 aromatic carbocycles. The Balaban J connectivity index is 1.72. The predicted molar refractivity (Wildman–Crippen MR) is 87.5 cm³/mol. The molecule has 1 N–H and O–H groups in total. The van der Waals surface area contributed by atoms with Crippen LogP contribution >= 0.6 is 11.6 Å². The minimum atomic E-state index is -0.111. The van der Waals surface area contributed by atoms with Gasteiger partial charge in [-0.1, -0.05) is 25.4 Å². The second kappa shape index (κ2) is 4.83. The monoisotopic (exact) mass is 322 g/mol. The molecule has 0 aliphatic heterocycles. The fraction of sp³-hybridized carbons (Fsp3) is 0.842. The first-order chi connectivity index (χ1) is 10.4. The maximum Gasteiger partial charge on any atom is 0.174 e. The van der Waals surface area contributed by atoms with Gasteiger partial charge in [0.2, 0.25) is 0 Å². The third kappa shape index (κ3) is 1.80. The third-order valence-corrected chi connectivity index (χ3v) is 8.44. The van der Waals surface area contributed by atoms with E-state index >= 15 is 0 Å². The Morgan fingerprint density at radius 2 is 1.82 bits per heavy atom. The van der Waals surface area contributed by atoms with Crippen LogP contribution < -0.4 is 0 Å². The number of hydrogen-bond acceptors (Lipinski definition) is 2. The first-order valence-electron chi connectivity index (χ1n) is 8.98. The number of allylic oxidation sites excluding steroid dienone is 1. The van der Waals surface area contributed by atoms with Gasteiger partial charge in [0.25, 0.3) is 0 Å². The number of aliphatic hydroxyl groups is 1. The molecule has 0 spiro atoms. The summed E-state index contributed by atoms with van der Waals surface area (Å²) in [6.45, 7) is 4.68. The van der Waals surface area contributed by atoms with E-state index in [1.54, 1.807) is 0 Å². The summed E-state index contributed by atoms with van der Waals surface area (Å²) in [5.74, 6) is 2.18. The van der Waals surface area contributed by atoms with Crippen molar-refractivity contribution in [3.63, 3.8) is 0 Å². The van der Waals surface area contributed by atoms with Crippen LogP contribution in [-0.4, -0.2) is 17.0 Å². The van der Waals surface area contributed by atoms with Crippen molar-refractivity contribution in [3.8, 4) is 0 Å². The number of rotatable bonds is 0. The van der Waals surface area contributed by atoms with Crippen molar-refractivity contribution in [2.75, 3.05) is 0 Å². The molecule has 0 unspecified atom stereocenters. The van der Waals surface area contributed by atoms with E-state index in [0.29, 0.717) is 29.2 Å². The maximum absolute atomic E-state index is 12.0. The molecule has 0 heterocycles. The van der Waals surface area contributed by atoms with Gasteiger partial charge in [0.1, 0.15) is 0 Å². The molecule has 0 aromatic heterocycles. The number of ketones is 1. The highest BCUT2D eigenvalue weighted by molar-refractivity contribution is 6.43. The fourth-order valence-corrected chi connectivity index (χ4v) is 7.03. The Bertz CT molecular complexity index is 554. The number of aliphatic hydroxyl groups excluding tert-OH is 1. The van der Waals surface area contributed by atoms with E-state index in [-0.39, 0.29) is 22.7 Å². The molecule has 22 heavy (non-hydrogen) atoms. The standard InChI is InChI=1S/C19H27ClO2/c1-18-10-8-15(21)17(20)14(18)4-3-11-12-5-6-16(22)19(12,2)9-7-13(11)18/h11-13,16,22H,3-10H2,1-2H3/t11-,12-,13+,16-,18+,19-/m0/s1. The van der Waals surface area contributed by atoms with E-state index in [1.165, 1.54) is 18.4 Å². The number of fused-ring (bicyclic) bond motifs is 5. The highest BCUT2D eigenvalue weighted by atomic mass is 35.5. The normalized spacial score (nSPS) is 51.4. The zero-order valence-corrected chi connectivity index (χ0v) is 14.5. The minimum absolute atomic E-state index is 0.111. The number of carbonyl (C=O) groups is 1. The van der Waals surface area contributed by atoms with Crippen molar-refractivity contribution >= 4 is 17.4 Å². The molecule has 3 fully saturated rings. The molecule has 122 valence electrons. The van der Waals surface area contributed by atoms with Crippen molar-refractivity contribution in [2.24, 2.45) is 28.6 Å². The summed E-state index contributed by atoms with van der Waals surface area (Å²) in [5.41, 5.74) is 1.52. The predicted octanol–water partition coefficient (Wildman–Crippen LogP) is 4.45. The highest BCUT2D eigenvalue weighted by Gasteiger charge is 2.59. The van der Waals surface area contributed by atoms with E-state index in [2.05, 4.69) is 13.8 Å². The number of hydrogen-bond donors (Lipinski definition) is 1. The molecular weight excluding hydrogens is 296 g/mol. The Morgan fingerprint density at radius 1 is 1.05 bits per heavy atom. The average molecular weight is 323 g/mol. The first kappa shape index (κ1) is 15.2. The molecule has 0 saturated heterocycles. The molecular formula is C19H27ClO2. The Kier molecular flexibility index (Phi) is 3.34. The van der Waals surface area contributed by atoms with Gasteiger partial charge in [0.05, 0.1) is 11.1 Å². The summed E-state index contributed by atoms with van der Waals surface area (Å²) < 4.78 is 0. The molecule has 2 nitrogen and oxygen atoms in total. The Labute approximate surface area is 138 Å². The lowest BCUT2D eigenvalue weighted by Gasteiger charge is -2.57. The molecule has 0 aromatic rings. The molecule has 4 aliphatic carbocycles. The van der Waals surface area contributed by atoms with Gasteiger partial charge < -0.3 is 5.11 Å². The lowest BCUT2D eigenvalue weighted by atomic mass is 9.47. The van der Waals surface area contributed by atoms with Gasteiger partial charge in [0, 0.05) is 6.42 Å². The Morgan fingerprint density at radius 3 is 2.59 bits per heavy atom. The first-order valence-corrected chi connectivity index (χ1v) is 9.36. The zero-order chi connectivity index (χ0) is 15.7. The quantitative estimate of drug-likeness (QED) is 0.715. The van der Waals surface area contributed by atoms with E-state index in [9.17, 15) is 9.90 Å². The van der Waals surface area contributed by atoms with Crippen LogP contribution in [0.4, 0.5) is 0 Å². The van der Waals surface area contributed by atoms with Crippen LogP contribution in [0.15, 0.2) is 10.6 Å². The summed E-state index contributed by atoms with van der Waals surface area (Å²) in [7, 11) is 0. The van der Waals surface area contributed by atoms with Gasteiger partial charge >= 0.3 is 0 Å². The smallest absolute Gasteiger partial charge is 0.174 e. The third-order valence-electron chi connectivity index (χ3n) is 8.00. The second-order valence-corrected chi connectivity index (χ2v) is 9.06. The van der Waals surface area contributed by atoms with Crippen molar-refractivity contribution in [1.29, 1.82) is 0 Å². The van der Waals surface area contributed by atoms with Gasteiger partial charge in [-0.3, -0.25) is 4.79 Å². The van der Waals surface area contributed by atoms with Gasteiger partial charge in [-0.05, 0) is 79.1 Å². The molecule has 3 heteroatoms. The SMILES string of the molecule is C[C@]12CC[C@@H]3[C@@H](CCC4=C(Cl)C(=O)CC[C@@]43C)[C@@H]1CC[C@@H]2O. The molecule has 3 saturated carbocycles. The summed E-state index contributed by atoms with van der Waals surface area (Å²) in [6.07, 6.45) is 8.11. The van der Waals surface area contributed by atoms with E-state index in [0.717, 1.165) is 32.1 Å². The molecule has 6 atom stereocenters. The van der Waals surface area contributed by atoms with Crippen molar-refractivity contribution in [3.05, 3.63) is 10.6 Å². The zero-order valence-electron chi connectivity index (χ0n) is 13.7. The molecule has 4 aliphatic rings. The highest BCUT2D eigenvalue weighted by Crippen LogP contribution is 2.65. The molecule has 0 radical (unpaired) electrons. The summed E-state index contributed by atoms with van der Waals surface area (Å²) in [5, 5.41) is 11.0. The van der Waals surface area contributed by atoms with Gasteiger partial charge in [0.15, 0.2) is 5.78 Å². The summed E-state index contributed by atoms with van der Waals surface area (Å²) >= 11 is 6.41. The Hall–Kier alpha value is -0.340. The largest absolute Gasteiger partial charge is 0.393 e. The van der Waals surface area contributed by atoms with Crippen LogP contribution in [0, 0.1) is 28.6 Å². The lowest BCUT2D eigenvalue weighted by molar-refractivity contribution is -0.118. The van der Waals surface area contributed by atoms with Crippen molar-refractivity contribution in [2.45, 2.75) is 71.3 Å². The summed E-state index contributed by atoms with van der Waals surface area (Å²) in [4.78, 5) is 12.0. The van der Waals surface area contributed by atoms with Crippen molar-refractivity contribution in [1.82, 2.24) is 0 Å². The molecule has 0 bridgehead atoms. The number of carbonyl (C=O) groups excluding carboxylic acids is 1. The summed E-state index contributed by atoms with van der Waals surface area (Å²) in [6, 6.07) is 0. The van der Waals surface area contributed by atoms with Crippen LogP contribution in [0.5, 0.6) is 0 Å². The van der Waals surface area contributed by atoms with Crippen LogP contribution in [0.25, 0.3) is 0 Å². The maximum atomic E-state index is 12.0. The minimum Gasteiger partial charge on any atom is -0.393 e. The van der Waals surface area contributed by atoms with Crippen LogP contribution in [0.2, 0.25) is 0 Å². The van der Waals surface area contributed by atoms with Crippen LogP contribution in [-0.2, 0) is 4.79 Å². The van der Waals surface area contributed by atoms with Crippen molar-refractivity contribution < 1.29 is 9.90 Å². The van der Waals surface area contributed by atoms with Gasteiger partial charge in [-0.25, -0.2) is 0 Å². The van der Waals surface area contributed by atoms with Crippen LogP contribution in [0.1, 0.15) is 65.2 Å². The second-order valence-electron chi connectivity index (χ2n) is 8.69. The average Bonchev–Trinajstić information content (AvgIpc) is 2.79. The van der Waals surface area contributed by atoms with E-state index < -0.39 is 0 Å². The van der Waals surface area contributed by atoms with E-state index in [4.69, 9.17) is 11.6 Å². The van der Waals surface area contributed by atoms with E-state index in [1.807, 2.05) is 0 Å². The fourth-order valence-electron chi connectivity index (χ4n) is 6.62. The van der Waals surface area contributed by atoms with Crippen LogP contribution in [0.3, 0.4) is 0 Å². The lowest BCUT2D eigenvalue weighted by Crippen LogP contribution is -2.51. The molecule has 4 rings (SSSR count). The topological polar surface area (TPSA) is 37.3 Å². The number of Topliss-reactive ketones (excluding diaryl/α,β-unsaturated/α-hetero) is 1. The number of halogens is 1.